The Morgan fingerprint density at radius 3 is 2.70 bits per heavy atom. The van der Waals surface area contributed by atoms with E-state index < -0.39 is 0 Å². The van der Waals surface area contributed by atoms with Crippen LogP contribution in [0, 0.1) is 11.8 Å². The summed E-state index contributed by atoms with van der Waals surface area (Å²) in [7, 11) is 1.75. The zero-order chi connectivity index (χ0) is 14.4. The van der Waals surface area contributed by atoms with Crippen LogP contribution in [0.3, 0.4) is 0 Å². The standard InChI is InChI=1S/C16H31NO3/c1-13(14(2)17-7-11-18-3)15-4-8-20-16(12-15)5-9-19-10-6-16/h13-15,17H,4-12H2,1-3H3. The molecule has 2 heterocycles. The molecule has 1 N–H and O–H groups in total. The van der Waals surface area contributed by atoms with E-state index in [-0.39, 0.29) is 5.60 Å². The highest BCUT2D eigenvalue weighted by Crippen LogP contribution is 2.40. The first kappa shape index (κ1) is 16.2. The highest BCUT2D eigenvalue weighted by Gasteiger charge is 2.41. The lowest BCUT2D eigenvalue weighted by atomic mass is 9.74. The van der Waals surface area contributed by atoms with Crippen LogP contribution in [0.2, 0.25) is 0 Å². The van der Waals surface area contributed by atoms with Gasteiger partial charge in [0.25, 0.3) is 0 Å². The molecule has 0 amide bonds. The van der Waals surface area contributed by atoms with Crippen molar-refractivity contribution in [1.82, 2.24) is 5.32 Å². The topological polar surface area (TPSA) is 39.7 Å². The van der Waals surface area contributed by atoms with Crippen LogP contribution in [0.25, 0.3) is 0 Å². The Balaban J connectivity index is 1.84. The summed E-state index contributed by atoms with van der Waals surface area (Å²) >= 11 is 0. The molecule has 2 aliphatic heterocycles. The lowest BCUT2D eigenvalue weighted by Crippen LogP contribution is -2.48. The second-order valence-electron chi connectivity index (χ2n) is 6.49. The molecular weight excluding hydrogens is 254 g/mol. The van der Waals surface area contributed by atoms with Crippen molar-refractivity contribution in [3.63, 3.8) is 0 Å². The van der Waals surface area contributed by atoms with Gasteiger partial charge in [0, 0.05) is 39.5 Å². The van der Waals surface area contributed by atoms with Gasteiger partial charge in [-0.2, -0.15) is 0 Å². The fourth-order valence-electron chi connectivity index (χ4n) is 3.59. The van der Waals surface area contributed by atoms with Crippen molar-refractivity contribution >= 4 is 0 Å². The zero-order valence-corrected chi connectivity index (χ0v) is 13.3. The van der Waals surface area contributed by atoms with Crippen LogP contribution < -0.4 is 5.32 Å². The summed E-state index contributed by atoms with van der Waals surface area (Å²) in [6.45, 7) is 9.04. The predicted octanol–water partition coefficient (Wildman–Crippen LogP) is 2.22. The lowest BCUT2D eigenvalue weighted by Gasteiger charge is -2.45. The van der Waals surface area contributed by atoms with Gasteiger partial charge in [-0.25, -0.2) is 0 Å². The Kier molecular flexibility index (Phi) is 6.27. The van der Waals surface area contributed by atoms with Crippen LogP contribution in [0.15, 0.2) is 0 Å². The maximum atomic E-state index is 6.14. The van der Waals surface area contributed by atoms with E-state index in [1.54, 1.807) is 7.11 Å². The summed E-state index contributed by atoms with van der Waals surface area (Å²) in [5, 5.41) is 3.58. The van der Waals surface area contributed by atoms with Gasteiger partial charge in [0.2, 0.25) is 0 Å². The van der Waals surface area contributed by atoms with Crippen molar-refractivity contribution in [1.29, 1.82) is 0 Å². The molecule has 2 rings (SSSR count). The van der Waals surface area contributed by atoms with Gasteiger partial charge in [-0.3, -0.25) is 0 Å². The van der Waals surface area contributed by atoms with Gasteiger partial charge < -0.3 is 19.5 Å². The Bertz CT molecular complexity index is 273. The molecule has 0 bridgehead atoms. The van der Waals surface area contributed by atoms with Crippen molar-refractivity contribution in [3.8, 4) is 0 Å². The molecule has 0 aromatic heterocycles. The second kappa shape index (κ2) is 7.74. The summed E-state index contributed by atoms with van der Waals surface area (Å²) in [4.78, 5) is 0. The normalized spacial score (nSPS) is 29.2. The molecule has 2 saturated heterocycles. The molecule has 118 valence electrons. The van der Waals surface area contributed by atoms with Crippen LogP contribution in [0.5, 0.6) is 0 Å². The van der Waals surface area contributed by atoms with Crippen LogP contribution in [-0.4, -0.2) is 51.7 Å². The molecule has 3 atom stereocenters. The Morgan fingerprint density at radius 1 is 1.25 bits per heavy atom. The molecule has 20 heavy (non-hydrogen) atoms. The molecule has 4 nitrogen and oxygen atoms in total. The van der Waals surface area contributed by atoms with Gasteiger partial charge >= 0.3 is 0 Å². The van der Waals surface area contributed by atoms with E-state index >= 15 is 0 Å². The summed E-state index contributed by atoms with van der Waals surface area (Å²) < 4.78 is 16.8. The fourth-order valence-corrected chi connectivity index (χ4v) is 3.59. The third-order valence-electron chi connectivity index (χ3n) is 5.24. The first-order valence-corrected chi connectivity index (χ1v) is 8.11. The zero-order valence-electron chi connectivity index (χ0n) is 13.3. The first-order chi connectivity index (χ1) is 9.67. The maximum absolute atomic E-state index is 6.14. The van der Waals surface area contributed by atoms with E-state index in [0.29, 0.717) is 12.0 Å². The van der Waals surface area contributed by atoms with Gasteiger partial charge in [0.1, 0.15) is 0 Å². The minimum absolute atomic E-state index is 0.113. The summed E-state index contributed by atoms with van der Waals surface area (Å²) in [5.74, 6) is 1.43. The first-order valence-electron chi connectivity index (χ1n) is 8.11. The highest BCUT2D eigenvalue weighted by atomic mass is 16.5. The molecule has 1 spiro atoms. The predicted molar refractivity (Wildman–Crippen MR) is 80.0 cm³/mol. The van der Waals surface area contributed by atoms with E-state index in [2.05, 4.69) is 19.2 Å². The van der Waals surface area contributed by atoms with Crippen LogP contribution in [0.1, 0.15) is 39.5 Å². The number of rotatable bonds is 6. The third kappa shape index (κ3) is 4.17. The summed E-state index contributed by atoms with van der Waals surface area (Å²) in [5.41, 5.74) is 0.113. The molecule has 2 fully saturated rings. The van der Waals surface area contributed by atoms with Crippen molar-refractivity contribution in [3.05, 3.63) is 0 Å². The minimum Gasteiger partial charge on any atom is -0.383 e. The minimum atomic E-state index is 0.113. The molecule has 0 radical (unpaired) electrons. The van der Waals surface area contributed by atoms with Crippen molar-refractivity contribution in [2.24, 2.45) is 11.8 Å². The maximum Gasteiger partial charge on any atom is 0.0729 e. The SMILES string of the molecule is COCCNC(C)C(C)C1CCOC2(CCOCC2)C1. The highest BCUT2D eigenvalue weighted by molar-refractivity contribution is 4.91. The lowest BCUT2D eigenvalue weighted by molar-refractivity contribution is -0.153. The summed E-state index contributed by atoms with van der Waals surface area (Å²) in [6, 6.07) is 0.533. The Morgan fingerprint density at radius 2 is 2.00 bits per heavy atom. The van der Waals surface area contributed by atoms with Crippen molar-refractivity contribution < 1.29 is 14.2 Å². The summed E-state index contributed by atoms with van der Waals surface area (Å²) in [6.07, 6.45) is 4.54. The van der Waals surface area contributed by atoms with Crippen molar-refractivity contribution in [2.75, 3.05) is 40.1 Å². The second-order valence-corrected chi connectivity index (χ2v) is 6.49. The molecule has 4 heteroatoms. The molecule has 0 aromatic rings. The van der Waals surface area contributed by atoms with E-state index in [0.717, 1.165) is 51.7 Å². The average molecular weight is 285 g/mol. The Labute approximate surface area is 123 Å². The van der Waals surface area contributed by atoms with Gasteiger partial charge in [0.15, 0.2) is 0 Å². The van der Waals surface area contributed by atoms with E-state index in [1.165, 1.54) is 12.8 Å². The van der Waals surface area contributed by atoms with Crippen LogP contribution >= 0.6 is 0 Å². The molecule has 2 aliphatic rings. The number of ether oxygens (including phenoxy) is 3. The number of nitrogens with one attached hydrogen (secondary N) is 1. The monoisotopic (exact) mass is 285 g/mol. The molecule has 0 aliphatic carbocycles. The smallest absolute Gasteiger partial charge is 0.0729 e. The van der Waals surface area contributed by atoms with Gasteiger partial charge in [-0.1, -0.05) is 6.92 Å². The van der Waals surface area contributed by atoms with E-state index in [1.807, 2.05) is 0 Å². The van der Waals surface area contributed by atoms with Gasteiger partial charge in [-0.05, 0) is 44.4 Å². The van der Waals surface area contributed by atoms with Crippen LogP contribution in [0.4, 0.5) is 0 Å². The van der Waals surface area contributed by atoms with E-state index in [9.17, 15) is 0 Å². The third-order valence-corrected chi connectivity index (χ3v) is 5.24. The quantitative estimate of drug-likeness (QED) is 0.760. The molecule has 0 aromatic carbocycles. The average Bonchev–Trinajstić information content (AvgIpc) is 2.47. The largest absolute Gasteiger partial charge is 0.383 e. The number of methoxy groups -OCH3 is 1. The number of hydrogen-bond acceptors (Lipinski definition) is 4. The van der Waals surface area contributed by atoms with Gasteiger partial charge in [-0.15, -0.1) is 0 Å². The molecule has 3 unspecified atom stereocenters. The molecular formula is C16H31NO3. The molecule has 0 saturated carbocycles. The van der Waals surface area contributed by atoms with Gasteiger partial charge in [0.05, 0.1) is 12.2 Å². The van der Waals surface area contributed by atoms with Crippen LogP contribution in [-0.2, 0) is 14.2 Å². The van der Waals surface area contributed by atoms with Crippen molar-refractivity contribution in [2.45, 2.75) is 51.2 Å². The number of hydrogen-bond donors (Lipinski definition) is 1. The Hall–Kier alpha value is -0.160. The van der Waals surface area contributed by atoms with E-state index in [4.69, 9.17) is 14.2 Å². The fraction of sp³-hybridized carbons (Fsp3) is 1.00.